The lowest BCUT2D eigenvalue weighted by Gasteiger charge is -2.18. The van der Waals surface area contributed by atoms with Gasteiger partial charge in [-0.1, -0.05) is 18.2 Å². The molecule has 0 radical (unpaired) electrons. The summed E-state index contributed by atoms with van der Waals surface area (Å²) in [6.07, 6.45) is 0.914. The fraction of sp³-hybridized carbons (Fsp3) is 0.389. The van der Waals surface area contributed by atoms with Crippen LogP contribution in [0, 0.1) is 13.8 Å². The van der Waals surface area contributed by atoms with Gasteiger partial charge in [-0.05, 0) is 31.9 Å². The molecule has 0 atom stereocenters. The largest absolute Gasteiger partial charge is 0.350 e. The van der Waals surface area contributed by atoms with Gasteiger partial charge in [0.15, 0.2) is 5.96 Å². The predicted octanol–water partition coefficient (Wildman–Crippen LogP) is 2.63. The lowest BCUT2D eigenvalue weighted by Crippen LogP contribution is -2.44. The fourth-order valence-corrected chi connectivity index (χ4v) is 3.72. The highest BCUT2D eigenvalue weighted by Crippen LogP contribution is 2.27. The van der Waals surface area contributed by atoms with Crippen LogP contribution < -0.4 is 15.5 Å². The van der Waals surface area contributed by atoms with Crippen molar-refractivity contribution in [1.82, 2.24) is 15.6 Å². The molecule has 0 spiro atoms. The van der Waals surface area contributed by atoms with E-state index in [0.29, 0.717) is 12.5 Å². The third-order valence-corrected chi connectivity index (χ3v) is 5.37. The number of hydrogen-bond acceptors (Lipinski definition) is 4. The summed E-state index contributed by atoms with van der Waals surface area (Å²) in [5.74, 6) is 0.653. The van der Waals surface area contributed by atoms with Crippen LogP contribution >= 0.6 is 35.3 Å². The molecule has 0 bridgehead atoms. The lowest BCUT2D eigenvalue weighted by atomic mass is 10.2. The third-order valence-electron chi connectivity index (χ3n) is 4.30. The third kappa shape index (κ3) is 4.73. The number of hydrogen-bond donors (Lipinski definition) is 2. The van der Waals surface area contributed by atoms with Crippen LogP contribution in [0.3, 0.4) is 0 Å². The molecule has 2 aromatic rings. The van der Waals surface area contributed by atoms with Gasteiger partial charge in [-0.25, -0.2) is 4.98 Å². The number of anilines is 1. The van der Waals surface area contributed by atoms with Gasteiger partial charge in [0.05, 0.1) is 18.8 Å². The minimum atomic E-state index is 0. The number of benzene rings is 1. The van der Waals surface area contributed by atoms with Crippen molar-refractivity contribution < 1.29 is 4.79 Å². The molecule has 6 nitrogen and oxygen atoms in total. The van der Waals surface area contributed by atoms with Gasteiger partial charge in [0.2, 0.25) is 5.91 Å². The number of nitrogens with zero attached hydrogens (tertiary/aromatic N) is 3. The Hall–Kier alpha value is -1.68. The number of guanidine groups is 1. The number of fused-ring (bicyclic) bond motifs is 1. The average molecular weight is 485 g/mol. The molecular formula is C18H24IN5OS. The van der Waals surface area contributed by atoms with Crippen molar-refractivity contribution >= 4 is 52.9 Å². The first kappa shape index (κ1) is 20.6. The van der Waals surface area contributed by atoms with E-state index in [1.165, 1.54) is 10.4 Å². The van der Waals surface area contributed by atoms with E-state index in [4.69, 9.17) is 0 Å². The second kappa shape index (κ2) is 9.31. The molecule has 0 unspecified atom stereocenters. The number of aromatic nitrogens is 1. The molecule has 140 valence electrons. The summed E-state index contributed by atoms with van der Waals surface area (Å²) in [5.41, 5.74) is 3.31. The van der Waals surface area contributed by atoms with Gasteiger partial charge in [0, 0.05) is 24.2 Å². The summed E-state index contributed by atoms with van der Waals surface area (Å²) in [4.78, 5) is 24.3. The Bertz CT molecular complexity index is 785. The zero-order chi connectivity index (χ0) is 17.8. The molecule has 1 aliphatic heterocycles. The monoisotopic (exact) mass is 485 g/mol. The van der Waals surface area contributed by atoms with Gasteiger partial charge in [-0.3, -0.25) is 9.79 Å². The Morgan fingerprint density at radius 3 is 2.77 bits per heavy atom. The van der Waals surface area contributed by atoms with Crippen LogP contribution in [0.5, 0.6) is 0 Å². The Morgan fingerprint density at radius 2 is 2.08 bits per heavy atom. The van der Waals surface area contributed by atoms with Crippen molar-refractivity contribution in [3.05, 3.63) is 45.4 Å². The fourth-order valence-electron chi connectivity index (χ4n) is 2.85. The van der Waals surface area contributed by atoms with Crippen molar-refractivity contribution in [2.45, 2.75) is 26.8 Å². The summed E-state index contributed by atoms with van der Waals surface area (Å²) in [6, 6.07) is 8.06. The Kier molecular flexibility index (Phi) is 7.39. The topological polar surface area (TPSA) is 69.6 Å². The molecule has 1 amide bonds. The Morgan fingerprint density at radius 1 is 1.31 bits per heavy atom. The van der Waals surface area contributed by atoms with E-state index in [-0.39, 0.29) is 36.4 Å². The van der Waals surface area contributed by atoms with E-state index in [1.807, 2.05) is 30.0 Å². The van der Waals surface area contributed by atoms with Gasteiger partial charge in [-0.2, -0.15) is 0 Å². The van der Waals surface area contributed by atoms with Crippen LogP contribution in [0.15, 0.2) is 29.3 Å². The average Bonchev–Trinajstić information content (AvgIpc) is 3.18. The molecule has 0 saturated carbocycles. The molecule has 1 aromatic carbocycles. The molecule has 3 rings (SSSR count). The zero-order valence-electron chi connectivity index (χ0n) is 15.2. The van der Waals surface area contributed by atoms with Crippen molar-refractivity contribution in [3.63, 3.8) is 0 Å². The van der Waals surface area contributed by atoms with E-state index in [1.54, 1.807) is 18.4 Å². The van der Waals surface area contributed by atoms with Crippen LogP contribution in [0.1, 0.15) is 21.1 Å². The van der Waals surface area contributed by atoms with E-state index in [2.05, 4.69) is 33.6 Å². The number of aliphatic imine (C=N–C) groups is 1. The SMILES string of the molecule is CN=C(NCC(=O)N1CCc2ccccc21)NCc1nc(C)c(C)s1.I. The molecule has 1 aliphatic rings. The lowest BCUT2D eigenvalue weighted by molar-refractivity contribution is -0.117. The van der Waals surface area contributed by atoms with E-state index in [9.17, 15) is 4.79 Å². The molecule has 2 N–H and O–H groups in total. The number of thiazole rings is 1. The quantitative estimate of drug-likeness (QED) is 0.397. The Balaban J connectivity index is 0.00000243. The highest BCUT2D eigenvalue weighted by molar-refractivity contribution is 14.0. The molecule has 1 aromatic heterocycles. The molecular weight excluding hydrogens is 461 g/mol. The van der Waals surface area contributed by atoms with E-state index >= 15 is 0 Å². The molecule has 8 heteroatoms. The van der Waals surface area contributed by atoms with Gasteiger partial charge < -0.3 is 15.5 Å². The number of para-hydroxylation sites is 1. The van der Waals surface area contributed by atoms with E-state index in [0.717, 1.165) is 29.4 Å². The van der Waals surface area contributed by atoms with Gasteiger partial charge >= 0.3 is 0 Å². The second-order valence-electron chi connectivity index (χ2n) is 5.95. The Labute approximate surface area is 175 Å². The summed E-state index contributed by atoms with van der Waals surface area (Å²) in [7, 11) is 1.70. The normalized spacial score (nSPS) is 13.2. The van der Waals surface area contributed by atoms with Gasteiger partial charge in [-0.15, -0.1) is 35.3 Å². The summed E-state index contributed by atoms with van der Waals surface area (Å²) in [6.45, 7) is 5.62. The van der Waals surface area contributed by atoms with Crippen LogP contribution in [-0.2, 0) is 17.8 Å². The van der Waals surface area contributed by atoms with Gasteiger partial charge in [0.1, 0.15) is 5.01 Å². The molecule has 2 heterocycles. The molecule has 26 heavy (non-hydrogen) atoms. The summed E-state index contributed by atoms with van der Waals surface area (Å²) >= 11 is 1.67. The maximum Gasteiger partial charge on any atom is 0.246 e. The standard InChI is InChI=1S/C18H23N5OS.HI/c1-12-13(2)25-16(22-12)10-20-18(19-3)21-11-17(24)23-9-8-14-6-4-5-7-15(14)23;/h4-7H,8-11H2,1-3H3,(H2,19,20,21);1H. The van der Waals surface area contributed by atoms with Crippen LogP contribution in [0.4, 0.5) is 5.69 Å². The minimum Gasteiger partial charge on any atom is -0.350 e. The van der Waals surface area contributed by atoms with Crippen molar-refractivity contribution in [2.24, 2.45) is 4.99 Å². The number of halogens is 1. The van der Waals surface area contributed by atoms with Crippen LogP contribution in [-0.4, -0.2) is 37.0 Å². The van der Waals surface area contributed by atoms with E-state index < -0.39 is 0 Å². The first-order valence-corrected chi connectivity index (χ1v) is 9.16. The molecule has 0 aliphatic carbocycles. The summed E-state index contributed by atoms with van der Waals surface area (Å²) in [5, 5.41) is 7.31. The number of aryl methyl sites for hydroxylation is 2. The number of nitrogens with one attached hydrogen (secondary N) is 2. The molecule has 0 saturated heterocycles. The second-order valence-corrected chi connectivity index (χ2v) is 7.24. The maximum atomic E-state index is 12.5. The van der Waals surface area contributed by atoms with Crippen molar-refractivity contribution in [1.29, 1.82) is 0 Å². The van der Waals surface area contributed by atoms with Gasteiger partial charge in [0.25, 0.3) is 0 Å². The van der Waals surface area contributed by atoms with Crippen LogP contribution in [0.2, 0.25) is 0 Å². The first-order chi connectivity index (χ1) is 12.1. The zero-order valence-corrected chi connectivity index (χ0v) is 18.4. The number of carbonyl (C=O) groups excluding carboxylic acids is 1. The number of rotatable bonds is 4. The first-order valence-electron chi connectivity index (χ1n) is 8.34. The summed E-state index contributed by atoms with van der Waals surface area (Å²) < 4.78 is 0. The molecule has 0 fully saturated rings. The highest BCUT2D eigenvalue weighted by atomic mass is 127. The van der Waals surface area contributed by atoms with Crippen molar-refractivity contribution in [2.75, 3.05) is 25.0 Å². The van der Waals surface area contributed by atoms with Crippen LogP contribution in [0.25, 0.3) is 0 Å². The minimum absolute atomic E-state index is 0. The maximum absolute atomic E-state index is 12.5. The highest BCUT2D eigenvalue weighted by Gasteiger charge is 2.23. The smallest absolute Gasteiger partial charge is 0.246 e. The number of carbonyl (C=O) groups is 1. The number of amides is 1. The predicted molar refractivity (Wildman–Crippen MR) is 118 cm³/mol. The van der Waals surface area contributed by atoms with Crippen molar-refractivity contribution in [3.8, 4) is 0 Å².